The van der Waals surface area contributed by atoms with E-state index in [0.29, 0.717) is 11.6 Å². The highest BCUT2D eigenvalue weighted by Crippen LogP contribution is 2.18. The summed E-state index contributed by atoms with van der Waals surface area (Å²) in [5, 5.41) is 3.06. The number of piperidine rings is 1. The van der Waals surface area contributed by atoms with Crippen LogP contribution in [0.25, 0.3) is 0 Å². The van der Waals surface area contributed by atoms with Crippen molar-refractivity contribution < 1.29 is 9.18 Å². The second-order valence-corrected chi connectivity index (χ2v) is 5.38. The van der Waals surface area contributed by atoms with Gasteiger partial charge < -0.3 is 10.2 Å². The number of hydrogen-bond donors (Lipinski definition) is 1. The van der Waals surface area contributed by atoms with Crippen LogP contribution in [-0.2, 0) is 4.79 Å². The SMILES string of the molecule is CC1CCN(C(=O)C(C)Nc2cccc(F)c2)CC1. The maximum absolute atomic E-state index is 13.1. The third-order valence-electron chi connectivity index (χ3n) is 3.67. The fourth-order valence-electron chi connectivity index (χ4n) is 2.39. The molecule has 0 saturated carbocycles. The molecular formula is C15H21FN2O. The monoisotopic (exact) mass is 264 g/mol. The molecule has 1 aliphatic heterocycles. The van der Waals surface area contributed by atoms with E-state index in [0.717, 1.165) is 25.9 Å². The largest absolute Gasteiger partial charge is 0.374 e. The lowest BCUT2D eigenvalue weighted by Crippen LogP contribution is -2.45. The second kappa shape index (κ2) is 6.04. The summed E-state index contributed by atoms with van der Waals surface area (Å²) in [6, 6.07) is 5.88. The van der Waals surface area contributed by atoms with Crippen LogP contribution in [0.2, 0.25) is 0 Å². The van der Waals surface area contributed by atoms with E-state index < -0.39 is 0 Å². The van der Waals surface area contributed by atoms with E-state index in [1.165, 1.54) is 12.1 Å². The minimum absolute atomic E-state index is 0.0937. The molecule has 0 bridgehead atoms. The molecule has 0 aliphatic carbocycles. The van der Waals surface area contributed by atoms with Gasteiger partial charge in [-0.05, 0) is 43.9 Å². The molecule has 1 fully saturated rings. The van der Waals surface area contributed by atoms with Crippen molar-refractivity contribution in [3.63, 3.8) is 0 Å². The summed E-state index contributed by atoms with van der Waals surface area (Å²) in [5.74, 6) is 0.503. The first kappa shape index (κ1) is 13.8. The summed E-state index contributed by atoms with van der Waals surface area (Å²) in [5.41, 5.74) is 0.645. The van der Waals surface area contributed by atoms with Crippen molar-refractivity contribution in [2.75, 3.05) is 18.4 Å². The molecule has 2 rings (SSSR count). The summed E-state index contributed by atoms with van der Waals surface area (Å²) in [7, 11) is 0. The van der Waals surface area contributed by atoms with Crippen LogP contribution in [0, 0.1) is 11.7 Å². The van der Waals surface area contributed by atoms with Crippen molar-refractivity contribution in [1.82, 2.24) is 4.90 Å². The first-order valence-corrected chi connectivity index (χ1v) is 6.87. The highest BCUT2D eigenvalue weighted by molar-refractivity contribution is 5.84. The number of nitrogens with zero attached hydrogens (tertiary/aromatic N) is 1. The van der Waals surface area contributed by atoms with Crippen molar-refractivity contribution in [1.29, 1.82) is 0 Å². The van der Waals surface area contributed by atoms with Crippen molar-refractivity contribution in [2.24, 2.45) is 5.92 Å². The molecule has 3 nitrogen and oxygen atoms in total. The molecule has 19 heavy (non-hydrogen) atoms. The Hall–Kier alpha value is -1.58. The number of hydrogen-bond acceptors (Lipinski definition) is 2. The zero-order chi connectivity index (χ0) is 13.8. The van der Waals surface area contributed by atoms with Crippen molar-refractivity contribution in [2.45, 2.75) is 32.7 Å². The van der Waals surface area contributed by atoms with Crippen molar-refractivity contribution in [3.8, 4) is 0 Å². The molecule has 1 saturated heterocycles. The quantitative estimate of drug-likeness (QED) is 0.910. The number of amides is 1. The lowest BCUT2D eigenvalue weighted by molar-refractivity contribution is -0.132. The van der Waals surface area contributed by atoms with E-state index in [4.69, 9.17) is 0 Å². The predicted octanol–water partition coefficient (Wildman–Crippen LogP) is 2.88. The van der Waals surface area contributed by atoms with Crippen LogP contribution in [0.1, 0.15) is 26.7 Å². The molecule has 4 heteroatoms. The van der Waals surface area contributed by atoms with Crippen molar-refractivity contribution >= 4 is 11.6 Å². The lowest BCUT2D eigenvalue weighted by atomic mass is 9.99. The van der Waals surface area contributed by atoms with Gasteiger partial charge in [0.15, 0.2) is 0 Å². The van der Waals surface area contributed by atoms with Crippen LogP contribution in [0.15, 0.2) is 24.3 Å². The van der Waals surface area contributed by atoms with Gasteiger partial charge in [0, 0.05) is 18.8 Å². The van der Waals surface area contributed by atoms with E-state index in [1.807, 2.05) is 11.8 Å². The Morgan fingerprint density at radius 3 is 2.74 bits per heavy atom. The van der Waals surface area contributed by atoms with Gasteiger partial charge in [-0.25, -0.2) is 4.39 Å². The second-order valence-electron chi connectivity index (χ2n) is 5.38. The van der Waals surface area contributed by atoms with Gasteiger partial charge in [0.2, 0.25) is 5.91 Å². The topological polar surface area (TPSA) is 32.3 Å². The third-order valence-corrected chi connectivity index (χ3v) is 3.67. The predicted molar refractivity (Wildman–Crippen MR) is 74.5 cm³/mol. The van der Waals surface area contributed by atoms with Crippen LogP contribution in [0.5, 0.6) is 0 Å². The molecule has 1 heterocycles. The van der Waals surface area contributed by atoms with Gasteiger partial charge in [0.05, 0.1) is 0 Å². The van der Waals surface area contributed by atoms with Gasteiger partial charge in [0.1, 0.15) is 11.9 Å². The van der Waals surface area contributed by atoms with Crippen LogP contribution >= 0.6 is 0 Å². The molecule has 0 aromatic heterocycles. The molecule has 1 unspecified atom stereocenters. The fourth-order valence-corrected chi connectivity index (χ4v) is 2.39. The van der Waals surface area contributed by atoms with Crippen LogP contribution in [-0.4, -0.2) is 29.9 Å². The molecular weight excluding hydrogens is 243 g/mol. The number of carbonyl (C=O) groups is 1. The average molecular weight is 264 g/mol. The number of anilines is 1. The van der Waals surface area contributed by atoms with Gasteiger partial charge in [0.25, 0.3) is 0 Å². The van der Waals surface area contributed by atoms with Crippen LogP contribution in [0.4, 0.5) is 10.1 Å². The van der Waals surface area contributed by atoms with Crippen molar-refractivity contribution in [3.05, 3.63) is 30.1 Å². The molecule has 1 atom stereocenters. The van der Waals surface area contributed by atoms with E-state index >= 15 is 0 Å². The van der Waals surface area contributed by atoms with Gasteiger partial charge in [-0.3, -0.25) is 4.79 Å². The highest BCUT2D eigenvalue weighted by Gasteiger charge is 2.24. The van der Waals surface area contributed by atoms with E-state index in [-0.39, 0.29) is 17.8 Å². The molecule has 0 spiro atoms. The van der Waals surface area contributed by atoms with E-state index in [2.05, 4.69) is 12.2 Å². The number of carbonyl (C=O) groups excluding carboxylic acids is 1. The molecule has 1 aliphatic rings. The summed E-state index contributed by atoms with van der Waals surface area (Å²) >= 11 is 0. The summed E-state index contributed by atoms with van der Waals surface area (Å²) in [4.78, 5) is 14.2. The van der Waals surface area contributed by atoms with E-state index in [9.17, 15) is 9.18 Å². The summed E-state index contributed by atoms with van der Waals surface area (Å²) in [6.45, 7) is 5.70. The van der Waals surface area contributed by atoms with Crippen LogP contribution in [0.3, 0.4) is 0 Å². The Labute approximate surface area is 113 Å². The lowest BCUT2D eigenvalue weighted by Gasteiger charge is -2.32. The molecule has 1 amide bonds. The minimum atomic E-state index is -0.324. The molecule has 104 valence electrons. The van der Waals surface area contributed by atoms with Gasteiger partial charge in [-0.2, -0.15) is 0 Å². The Morgan fingerprint density at radius 1 is 1.42 bits per heavy atom. The summed E-state index contributed by atoms with van der Waals surface area (Å²) < 4.78 is 13.1. The Bertz CT molecular complexity index is 442. The number of likely N-dealkylation sites (tertiary alicyclic amines) is 1. The Kier molecular flexibility index (Phi) is 4.40. The normalized spacial score (nSPS) is 18.2. The third kappa shape index (κ3) is 3.69. The zero-order valence-corrected chi connectivity index (χ0v) is 11.5. The first-order valence-electron chi connectivity index (χ1n) is 6.87. The number of nitrogens with one attached hydrogen (secondary N) is 1. The summed E-state index contributed by atoms with van der Waals surface area (Å²) in [6.07, 6.45) is 2.14. The smallest absolute Gasteiger partial charge is 0.244 e. The maximum atomic E-state index is 13.1. The van der Waals surface area contributed by atoms with Gasteiger partial charge in [-0.1, -0.05) is 13.0 Å². The van der Waals surface area contributed by atoms with Gasteiger partial charge >= 0.3 is 0 Å². The number of halogens is 1. The van der Waals surface area contributed by atoms with E-state index in [1.54, 1.807) is 12.1 Å². The molecule has 1 N–H and O–H groups in total. The molecule has 1 aromatic carbocycles. The number of rotatable bonds is 3. The van der Waals surface area contributed by atoms with Gasteiger partial charge in [-0.15, -0.1) is 0 Å². The zero-order valence-electron chi connectivity index (χ0n) is 11.5. The minimum Gasteiger partial charge on any atom is -0.374 e. The fraction of sp³-hybridized carbons (Fsp3) is 0.533. The standard InChI is InChI=1S/C15H21FN2O/c1-11-6-8-18(9-7-11)15(19)12(2)17-14-5-3-4-13(16)10-14/h3-5,10-12,17H,6-9H2,1-2H3. The molecule has 1 aromatic rings. The number of benzene rings is 1. The first-order chi connectivity index (χ1) is 9.06. The average Bonchev–Trinajstić information content (AvgIpc) is 2.39. The van der Waals surface area contributed by atoms with Crippen LogP contribution < -0.4 is 5.32 Å². The maximum Gasteiger partial charge on any atom is 0.244 e. The Balaban J connectivity index is 1.92. The Morgan fingerprint density at radius 2 is 2.11 bits per heavy atom. The molecule has 0 radical (unpaired) electrons. The highest BCUT2D eigenvalue weighted by atomic mass is 19.1.